The first kappa shape index (κ1) is 15.1. The number of rotatable bonds is 4. The molecule has 0 aliphatic carbocycles. The quantitative estimate of drug-likeness (QED) is 0.842. The van der Waals surface area contributed by atoms with E-state index in [-0.39, 0.29) is 5.54 Å². The van der Waals surface area contributed by atoms with Gasteiger partial charge in [-0.3, -0.25) is 0 Å². The third-order valence-corrected chi connectivity index (χ3v) is 3.72. The molecule has 2 heteroatoms. The number of nitrogens with zero attached hydrogens (tertiary/aromatic N) is 1. The van der Waals surface area contributed by atoms with Crippen molar-refractivity contribution in [1.82, 2.24) is 5.32 Å². The summed E-state index contributed by atoms with van der Waals surface area (Å²) in [7, 11) is 0. The summed E-state index contributed by atoms with van der Waals surface area (Å²) in [6.45, 7) is 16.1. The van der Waals surface area contributed by atoms with Crippen LogP contribution in [-0.4, -0.2) is 25.2 Å². The highest BCUT2D eigenvalue weighted by molar-refractivity contribution is 5.56. The lowest BCUT2D eigenvalue weighted by Crippen LogP contribution is -2.40. The fourth-order valence-corrected chi connectivity index (χ4v) is 2.77. The van der Waals surface area contributed by atoms with Crippen LogP contribution in [0.3, 0.4) is 0 Å². The van der Waals surface area contributed by atoms with E-state index < -0.39 is 0 Å². The van der Waals surface area contributed by atoms with E-state index in [1.165, 1.54) is 23.2 Å². The Morgan fingerprint density at radius 1 is 1.35 bits per heavy atom. The van der Waals surface area contributed by atoms with Gasteiger partial charge in [0.05, 0.1) is 0 Å². The van der Waals surface area contributed by atoms with Crippen molar-refractivity contribution in [2.45, 2.75) is 39.7 Å². The zero-order valence-electron chi connectivity index (χ0n) is 13.4. The smallest absolute Gasteiger partial charge is 0.0401 e. The number of nitrogens with one attached hydrogen (secondary N) is 1. The molecule has 1 aromatic rings. The predicted octanol–water partition coefficient (Wildman–Crippen LogP) is 3.63. The molecule has 1 aromatic carbocycles. The van der Waals surface area contributed by atoms with Crippen LogP contribution in [0.25, 0.3) is 0 Å². The fourth-order valence-electron chi connectivity index (χ4n) is 2.77. The molecular formula is C18H28N2. The molecular weight excluding hydrogens is 244 g/mol. The van der Waals surface area contributed by atoms with E-state index in [0.717, 1.165) is 19.6 Å². The summed E-state index contributed by atoms with van der Waals surface area (Å²) in [4.78, 5) is 2.48. The van der Waals surface area contributed by atoms with Crippen LogP contribution >= 0.6 is 0 Å². The highest BCUT2D eigenvalue weighted by atomic mass is 15.1. The highest BCUT2D eigenvalue weighted by Crippen LogP contribution is 2.29. The molecule has 1 heterocycles. The van der Waals surface area contributed by atoms with Gasteiger partial charge >= 0.3 is 0 Å². The third kappa shape index (κ3) is 4.11. The first-order valence-corrected chi connectivity index (χ1v) is 7.60. The van der Waals surface area contributed by atoms with Crippen molar-refractivity contribution >= 4 is 5.69 Å². The van der Waals surface area contributed by atoms with Gasteiger partial charge < -0.3 is 10.2 Å². The Kier molecular flexibility index (Phi) is 4.54. The topological polar surface area (TPSA) is 15.3 Å². The minimum atomic E-state index is 0.149. The van der Waals surface area contributed by atoms with Gasteiger partial charge in [0.25, 0.3) is 0 Å². The highest BCUT2D eigenvalue weighted by Gasteiger charge is 2.21. The molecule has 1 atom stereocenters. The van der Waals surface area contributed by atoms with Gasteiger partial charge in [0.2, 0.25) is 0 Å². The van der Waals surface area contributed by atoms with Crippen LogP contribution in [0.1, 0.15) is 33.3 Å². The fraction of sp³-hybridized carbons (Fsp3) is 0.556. The summed E-state index contributed by atoms with van der Waals surface area (Å²) in [6.07, 6.45) is 1.19. The monoisotopic (exact) mass is 272 g/mol. The Morgan fingerprint density at radius 2 is 2.05 bits per heavy atom. The van der Waals surface area contributed by atoms with Crippen molar-refractivity contribution in [1.29, 1.82) is 0 Å². The average Bonchev–Trinajstić information content (AvgIpc) is 2.35. The summed E-state index contributed by atoms with van der Waals surface area (Å²) in [5.74, 6) is 0.716. The van der Waals surface area contributed by atoms with Gasteiger partial charge in [0.1, 0.15) is 0 Å². The van der Waals surface area contributed by atoms with E-state index >= 15 is 0 Å². The molecule has 0 bridgehead atoms. The molecule has 1 unspecified atom stereocenters. The standard InChI is InChI=1S/C18H28N2/c1-14-10-16-8-6-7-9-17(16)20(12-14)13-15(2)11-19-18(3,4)5/h6-9,14,19H,2,10-13H2,1,3-5H3. The number of fused-ring (bicyclic) bond motifs is 1. The van der Waals surface area contributed by atoms with Crippen LogP contribution in [0.4, 0.5) is 5.69 Å². The Hall–Kier alpha value is -1.28. The molecule has 0 spiro atoms. The van der Waals surface area contributed by atoms with E-state index in [0.29, 0.717) is 5.92 Å². The molecule has 1 N–H and O–H groups in total. The van der Waals surface area contributed by atoms with Crippen molar-refractivity contribution in [2.75, 3.05) is 24.5 Å². The van der Waals surface area contributed by atoms with Gasteiger partial charge in [-0.05, 0) is 50.3 Å². The summed E-state index contributed by atoms with van der Waals surface area (Å²) in [5, 5.41) is 3.52. The predicted molar refractivity (Wildman–Crippen MR) is 88.4 cm³/mol. The Balaban J connectivity index is 2.01. The van der Waals surface area contributed by atoms with Crippen molar-refractivity contribution in [2.24, 2.45) is 5.92 Å². The van der Waals surface area contributed by atoms with Crippen molar-refractivity contribution in [3.63, 3.8) is 0 Å². The maximum Gasteiger partial charge on any atom is 0.0401 e. The lowest BCUT2D eigenvalue weighted by Gasteiger charge is -2.35. The minimum absolute atomic E-state index is 0.149. The molecule has 0 saturated carbocycles. The SMILES string of the molecule is C=C(CNC(C)(C)C)CN1CC(C)Cc2ccccc21. The number of benzene rings is 1. The lowest BCUT2D eigenvalue weighted by molar-refractivity contribution is 0.441. The zero-order chi connectivity index (χ0) is 14.8. The maximum absolute atomic E-state index is 4.25. The van der Waals surface area contributed by atoms with Gasteiger partial charge in [0, 0.05) is 30.9 Å². The second-order valence-electron chi connectivity index (χ2n) is 7.17. The zero-order valence-corrected chi connectivity index (χ0v) is 13.4. The summed E-state index contributed by atoms with van der Waals surface area (Å²) >= 11 is 0. The molecule has 20 heavy (non-hydrogen) atoms. The third-order valence-electron chi connectivity index (χ3n) is 3.72. The summed E-state index contributed by atoms with van der Waals surface area (Å²) < 4.78 is 0. The first-order chi connectivity index (χ1) is 9.35. The second kappa shape index (κ2) is 6.01. The van der Waals surface area contributed by atoms with Crippen LogP contribution in [0, 0.1) is 5.92 Å². The molecule has 110 valence electrons. The van der Waals surface area contributed by atoms with Gasteiger partial charge in [-0.1, -0.05) is 31.7 Å². The average molecular weight is 272 g/mol. The molecule has 0 amide bonds. The maximum atomic E-state index is 4.25. The Labute approximate surface area is 123 Å². The largest absolute Gasteiger partial charge is 0.367 e. The minimum Gasteiger partial charge on any atom is -0.367 e. The first-order valence-electron chi connectivity index (χ1n) is 7.60. The molecule has 1 aliphatic heterocycles. The van der Waals surface area contributed by atoms with Gasteiger partial charge in [-0.15, -0.1) is 0 Å². The van der Waals surface area contributed by atoms with Crippen molar-refractivity contribution in [3.05, 3.63) is 42.0 Å². The van der Waals surface area contributed by atoms with Crippen LogP contribution < -0.4 is 10.2 Å². The molecule has 0 radical (unpaired) electrons. The van der Waals surface area contributed by atoms with E-state index in [1.807, 2.05) is 0 Å². The van der Waals surface area contributed by atoms with E-state index in [4.69, 9.17) is 0 Å². The van der Waals surface area contributed by atoms with Gasteiger partial charge in [-0.25, -0.2) is 0 Å². The summed E-state index contributed by atoms with van der Waals surface area (Å²) in [6, 6.07) is 8.78. The Bertz CT molecular complexity index is 471. The van der Waals surface area contributed by atoms with Gasteiger partial charge in [-0.2, -0.15) is 0 Å². The normalized spacial score (nSPS) is 18.8. The molecule has 2 nitrogen and oxygen atoms in total. The van der Waals surface area contributed by atoms with E-state index in [9.17, 15) is 0 Å². The van der Waals surface area contributed by atoms with E-state index in [1.54, 1.807) is 0 Å². The molecule has 2 rings (SSSR count). The van der Waals surface area contributed by atoms with Crippen LogP contribution in [-0.2, 0) is 6.42 Å². The molecule has 0 aromatic heterocycles. The summed E-state index contributed by atoms with van der Waals surface area (Å²) in [5.41, 5.74) is 4.27. The molecule has 0 fully saturated rings. The van der Waals surface area contributed by atoms with Crippen LogP contribution in [0.2, 0.25) is 0 Å². The van der Waals surface area contributed by atoms with Gasteiger partial charge in [0.15, 0.2) is 0 Å². The van der Waals surface area contributed by atoms with Crippen molar-refractivity contribution < 1.29 is 0 Å². The number of hydrogen-bond acceptors (Lipinski definition) is 2. The molecule has 0 saturated heterocycles. The molecule has 1 aliphatic rings. The second-order valence-corrected chi connectivity index (χ2v) is 7.17. The van der Waals surface area contributed by atoms with Crippen LogP contribution in [0.15, 0.2) is 36.4 Å². The number of anilines is 1. The number of para-hydroxylation sites is 1. The Morgan fingerprint density at radius 3 is 2.75 bits per heavy atom. The van der Waals surface area contributed by atoms with Crippen LogP contribution in [0.5, 0.6) is 0 Å². The van der Waals surface area contributed by atoms with Crippen molar-refractivity contribution in [3.8, 4) is 0 Å². The van der Waals surface area contributed by atoms with E-state index in [2.05, 4.69) is 68.8 Å². The number of hydrogen-bond donors (Lipinski definition) is 1. The lowest BCUT2D eigenvalue weighted by atomic mass is 9.93.